The van der Waals surface area contributed by atoms with Crippen molar-refractivity contribution in [1.29, 1.82) is 0 Å². The lowest BCUT2D eigenvalue weighted by atomic mass is 10.1. The first kappa shape index (κ1) is 33.5. The fraction of sp³-hybridized carbons (Fsp3) is 0.455. The summed E-state index contributed by atoms with van der Waals surface area (Å²) in [5.74, 6) is 1.66. The molecule has 2 aromatic heterocycles. The molecule has 2 N–H and O–H groups in total. The lowest BCUT2D eigenvalue weighted by molar-refractivity contribution is -0.149. The van der Waals surface area contributed by atoms with E-state index in [1.54, 1.807) is 33.1 Å². The molecule has 2 heterocycles. The van der Waals surface area contributed by atoms with Crippen molar-refractivity contribution in [3.05, 3.63) is 53.9 Å². The van der Waals surface area contributed by atoms with Gasteiger partial charge in [-0.2, -0.15) is 0 Å². The second-order valence-corrected chi connectivity index (χ2v) is 11.4. The van der Waals surface area contributed by atoms with Crippen LogP contribution in [0.1, 0.15) is 31.7 Å². The number of pyridine rings is 1. The zero-order chi connectivity index (χ0) is 32.5. The van der Waals surface area contributed by atoms with E-state index < -0.39 is 5.97 Å². The number of benzene rings is 2. The van der Waals surface area contributed by atoms with Crippen molar-refractivity contribution in [3.8, 4) is 11.5 Å². The zero-order valence-electron chi connectivity index (χ0n) is 27.0. The molecule has 242 valence electrons. The molecular formula is C33H44N6O6. The summed E-state index contributed by atoms with van der Waals surface area (Å²) in [5.41, 5.74) is 9.60. The average Bonchev–Trinajstić information content (AvgIpc) is 3.37. The number of ether oxygens (including phenoxy) is 4. The van der Waals surface area contributed by atoms with Crippen LogP contribution in [0.4, 0.5) is 5.82 Å². The molecule has 12 heteroatoms. The predicted molar refractivity (Wildman–Crippen MR) is 173 cm³/mol. The third kappa shape index (κ3) is 8.61. The molecule has 45 heavy (non-hydrogen) atoms. The minimum Gasteiger partial charge on any atom is -0.493 e. The van der Waals surface area contributed by atoms with Gasteiger partial charge in [0.15, 0.2) is 23.9 Å². The largest absolute Gasteiger partial charge is 0.493 e. The van der Waals surface area contributed by atoms with Crippen LogP contribution in [-0.2, 0) is 38.6 Å². The molecule has 0 aliphatic carbocycles. The summed E-state index contributed by atoms with van der Waals surface area (Å²) in [5, 5.41) is 0.974. The van der Waals surface area contributed by atoms with Crippen LogP contribution in [0.2, 0.25) is 0 Å². The van der Waals surface area contributed by atoms with Crippen molar-refractivity contribution in [2.75, 3.05) is 60.4 Å². The number of aromatic nitrogens is 3. The summed E-state index contributed by atoms with van der Waals surface area (Å²) >= 11 is 0. The van der Waals surface area contributed by atoms with Crippen molar-refractivity contribution in [2.24, 2.45) is 0 Å². The highest BCUT2D eigenvalue weighted by Crippen LogP contribution is 2.30. The molecule has 0 aliphatic rings. The van der Waals surface area contributed by atoms with Crippen molar-refractivity contribution in [3.63, 3.8) is 0 Å². The van der Waals surface area contributed by atoms with Gasteiger partial charge in [0.25, 0.3) is 0 Å². The van der Waals surface area contributed by atoms with Crippen LogP contribution in [0.5, 0.6) is 11.5 Å². The molecular weight excluding hydrogens is 576 g/mol. The van der Waals surface area contributed by atoms with Crippen LogP contribution in [-0.4, -0.2) is 96.9 Å². The highest BCUT2D eigenvalue weighted by molar-refractivity contribution is 6.06. The maximum Gasteiger partial charge on any atom is 0.344 e. The smallest absolute Gasteiger partial charge is 0.344 e. The van der Waals surface area contributed by atoms with Gasteiger partial charge in [-0.25, -0.2) is 14.8 Å². The van der Waals surface area contributed by atoms with Crippen LogP contribution in [0.3, 0.4) is 0 Å². The predicted octanol–water partition coefficient (Wildman–Crippen LogP) is 3.68. The number of aryl methyl sites for hydroxylation is 1. The second kappa shape index (κ2) is 15.5. The third-order valence-electron chi connectivity index (χ3n) is 7.15. The van der Waals surface area contributed by atoms with Gasteiger partial charge in [0.2, 0.25) is 5.91 Å². The Morgan fingerprint density at radius 2 is 1.82 bits per heavy atom. The molecule has 0 saturated heterocycles. The highest BCUT2D eigenvalue weighted by atomic mass is 16.6. The van der Waals surface area contributed by atoms with E-state index in [-0.39, 0.29) is 25.2 Å². The van der Waals surface area contributed by atoms with Crippen LogP contribution in [0.25, 0.3) is 21.9 Å². The first-order chi connectivity index (χ1) is 21.6. The van der Waals surface area contributed by atoms with Gasteiger partial charge in [-0.05, 0) is 58.1 Å². The maximum atomic E-state index is 13.4. The monoisotopic (exact) mass is 620 g/mol. The minimum absolute atomic E-state index is 0.00668. The van der Waals surface area contributed by atoms with Crippen molar-refractivity contribution in [1.82, 2.24) is 24.3 Å². The molecule has 1 amide bonds. The Labute approximate surface area is 264 Å². The van der Waals surface area contributed by atoms with Crippen molar-refractivity contribution < 1.29 is 28.5 Å². The topological polar surface area (TPSA) is 134 Å². The number of hydrogen-bond acceptors (Lipinski definition) is 10. The Morgan fingerprint density at radius 1 is 1.04 bits per heavy atom. The Kier molecular flexibility index (Phi) is 11.6. The minimum atomic E-state index is -0.470. The fourth-order valence-electron chi connectivity index (χ4n) is 5.20. The molecule has 0 fully saturated rings. The van der Waals surface area contributed by atoms with E-state index in [9.17, 15) is 9.59 Å². The van der Waals surface area contributed by atoms with E-state index in [4.69, 9.17) is 29.7 Å². The highest BCUT2D eigenvalue weighted by Gasteiger charge is 2.20. The molecule has 0 unspecified atom stereocenters. The number of hydrogen-bond donors (Lipinski definition) is 1. The molecule has 4 aromatic rings. The van der Waals surface area contributed by atoms with E-state index >= 15 is 0 Å². The molecule has 0 saturated carbocycles. The van der Waals surface area contributed by atoms with Gasteiger partial charge in [0.05, 0.1) is 37.4 Å². The van der Waals surface area contributed by atoms with Gasteiger partial charge < -0.3 is 39.0 Å². The van der Waals surface area contributed by atoms with E-state index in [2.05, 4.69) is 9.55 Å². The Morgan fingerprint density at radius 3 is 2.53 bits per heavy atom. The van der Waals surface area contributed by atoms with Crippen LogP contribution < -0.4 is 15.2 Å². The molecule has 12 nitrogen and oxygen atoms in total. The number of imidazole rings is 1. The summed E-state index contributed by atoms with van der Waals surface area (Å²) in [6.07, 6.45) is 1.04. The molecule has 0 aliphatic heterocycles. The molecule has 0 bridgehead atoms. The van der Waals surface area contributed by atoms with E-state index in [0.29, 0.717) is 61.9 Å². The van der Waals surface area contributed by atoms with Gasteiger partial charge in [-0.3, -0.25) is 4.79 Å². The number of nitrogen functional groups attached to an aromatic ring is 1. The summed E-state index contributed by atoms with van der Waals surface area (Å²) in [6, 6.07) is 13.4. The van der Waals surface area contributed by atoms with Crippen LogP contribution >= 0.6 is 0 Å². The fourth-order valence-corrected chi connectivity index (χ4v) is 5.20. The number of nitrogens with two attached hydrogens (primary N) is 1. The number of amides is 1. The van der Waals surface area contributed by atoms with Gasteiger partial charge in [-0.15, -0.1) is 0 Å². The van der Waals surface area contributed by atoms with Gasteiger partial charge in [-0.1, -0.05) is 24.3 Å². The van der Waals surface area contributed by atoms with Gasteiger partial charge in [0.1, 0.15) is 11.3 Å². The maximum absolute atomic E-state index is 13.4. The van der Waals surface area contributed by atoms with E-state index in [0.717, 1.165) is 27.8 Å². The van der Waals surface area contributed by atoms with Crippen LogP contribution in [0, 0.1) is 0 Å². The summed E-state index contributed by atoms with van der Waals surface area (Å²) in [7, 11) is 6.94. The van der Waals surface area contributed by atoms with Gasteiger partial charge in [0, 0.05) is 38.6 Å². The Hall–Kier alpha value is -4.42. The number of esters is 1. The number of nitrogens with zero attached hydrogens (tertiary/aromatic N) is 5. The van der Waals surface area contributed by atoms with E-state index in [1.165, 1.54) is 7.11 Å². The Bertz CT molecular complexity index is 1620. The van der Waals surface area contributed by atoms with Gasteiger partial charge >= 0.3 is 5.97 Å². The van der Waals surface area contributed by atoms with Crippen molar-refractivity contribution in [2.45, 2.75) is 45.9 Å². The standard InChI is InChI=1S/C33H44N6O6/c1-22(2)45-30(41)21-44-27-18-23(12-13-26(27)43-6)19-38(29(40)20-37(3)4)15-9-16-39-28(14-17-42-5)36-31-32(39)24-10-7-8-11-25(24)35-33(31)34/h7-8,10-13,18,22H,9,14-17,19-21H2,1-6H3,(H2,34,35). The number of carbonyl (C=O) groups is 2. The summed E-state index contributed by atoms with van der Waals surface area (Å²) < 4.78 is 23.9. The first-order valence-electron chi connectivity index (χ1n) is 15.0. The first-order valence-corrected chi connectivity index (χ1v) is 15.0. The normalized spacial score (nSPS) is 11.5. The number of rotatable bonds is 16. The molecule has 4 rings (SSSR count). The lowest BCUT2D eigenvalue weighted by Gasteiger charge is -2.25. The zero-order valence-corrected chi connectivity index (χ0v) is 27.0. The Balaban J connectivity index is 1.58. The molecule has 0 atom stereocenters. The number of anilines is 1. The average molecular weight is 621 g/mol. The summed E-state index contributed by atoms with van der Waals surface area (Å²) in [4.78, 5) is 38.6. The third-order valence-corrected chi connectivity index (χ3v) is 7.15. The quantitative estimate of drug-likeness (QED) is 0.185. The van der Waals surface area contributed by atoms with Crippen LogP contribution in [0.15, 0.2) is 42.5 Å². The second-order valence-electron chi connectivity index (χ2n) is 11.4. The number of fused-ring (bicyclic) bond motifs is 3. The summed E-state index contributed by atoms with van der Waals surface area (Å²) in [6.45, 7) is 5.55. The number of likely N-dealkylation sites (N-methyl/N-ethyl adjacent to an activating group) is 1. The molecule has 0 radical (unpaired) electrons. The number of methoxy groups -OCH3 is 2. The van der Waals surface area contributed by atoms with E-state index in [1.807, 2.05) is 54.2 Å². The SMILES string of the molecule is COCCc1nc2c(N)nc3ccccc3c2n1CCCN(Cc1ccc(OC)c(OCC(=O)OC(C)C)c1)C(=O)CN(C)C. The number of carbonyl (C=O) groups excluding carboxylic acids is 2. The molecule has 2 aromatic carbocycles. The lowest BCUT2D eigenvalue weighted by Crippen LogP contribution is -2.38. The van der Waals surface area contributed by atoms with Crippen molar-refractivity contribution >= 4 is 39.6 Å². The number of para-hydroxylation sites is 1. The molecule has 0 spiro atoms.